The summed E-state index contributed by atoms with van der Waals surface area (Å²) in [5.41, 5.74) is 0. The molecule has 1 N–H and O–H groups in total. The van der Waals surface area contributed by atoms with Gasteiger partial charge in [-0.15, -0.1) is 24.0 Å². The first-order chi connectivity index (χ1) is 12.8. The van der Waals surface area contributed by atoms with Crippen molar-refractivity contribution in [2.75, 3.05) is 66.8 Å². The summed E-state index contributed by atoms with van der Waals surface area (Å²) in [7, 11) is 3.58. The molecule has 2 saturated heterocycles. The monoisotopic (exact) mass is 499 g/mol. The number of rotatable bonds is 11. The summed E-state index contributed by atoms with van der Waals surface area (Å²) in [6.45, 7) is 6.80. The van der Waals surface area contributed by atoms with E-state index in [1.807, 2.05) is 7.05 Å². The number of ether oxygens (including phenoxy) is 4. The largest absolute Gasteiger partial charge is 0.385 e. The van der Waals surface area contributed by atoms with Crippen LogP contribution in [0.3, 0.4) is 0 Å². The van der Waals surface area contributed by atoms with Crippen molar-refractivity contribution in [3.63, 3.8) is 0 Å². The van der Waals surface area contributed by atoms with E-state index in [9.17, 15) is 0 Å². The van der Waals surface area contributed by atoms with Gasteiger partial charge in [-0.05, 0) is 38.5 Å². The Morgan fingerprint density at radius 2 is 1.96 bits per heavy atom. The number of halogens is 1. The maximum Gasteiger partial charge on any atom is 0.193 e. The van der Waals surface area contributed by atoms with Crippen molar-refractivity contribution in [2.24, 2.45) is 4.99 Å². The fourth-order valence-corrected chi connectivity index (χ4v) is 3.38. The lowest BCUT2D eigenvalue weighted by Gasteiger charge is -2.34. The molecule has 0 saturated carbocycles. The summed E-state index contributed by atoms with van der Waals surface area (Å²) >= 11 is 0. The van der Waals surface area contributed by atoms with Crippen molar-refractivity contribution in [1.29, 1.82) is 0 Å². The van der Waals surface area contributed by atoms with Gasteiger partial charge >= 0.3 is 0 Å². The molecule has 1 unspecified atom stereocenters. The maximum absolute atomic E-state index is 5.92. The van der Waals surface area contributed by atoms with Crippen molar-refractivity contribution in [2.45, 2.75) is 50.7 Å². The molecule has 27 heavy (non-hydrogen) atoms. The molecule has 2 aliphatic heterocycles. The van der Waals surface area contributed by atoms with E-state index in [4.69, 9.17) is 18.9 Å². The number of nitrogens with one attached hydrogen (secondary N) is 1. The van der Waals surface area contributed by atoms with Crippen LogP contribution in [0.1, 0.15) is 38.5 Å². The van der Waals surface area contributed by atoms with Gasteiger partial charge in [-0.25, -0.2) is 0 Å². The number of guanidine groups is 1. The van der Waals surface area contributed by atoms with Gasteiger partial charge in [0.1, 0.15) is 0 Å². The van der Waals surface area contributed by atoms with E-state index in [1.165, 1.54) is 6.42 Å². The fourth-order valence-electron chi connectivity index (χ4n) is 3.38. The van der Waals surface area contributed by atoms with Gasteiger partial charge in [0.15, 0.2) is 5.96 Å². The predicted molar refractivity (Wildman–Crippen MR) is 118 cm³/mol. The zero-order valence-electron chi connectivity index (χ0n) is 17.0. The minimum absolute atomic E-state index is 0. The second-order valence-electron chi connectivity index (χ2n) is 6.94. The molecular formula is C19H38IN3O4. The van der Waals surface area contributed by atoms with Gasteiger partial charge in [0.25, 0.3) is 0 Å². The highest BCUT2D eigenvalue weighted by molar-refractivity contribution is 14.0. The number of methoxy groups -OCH3 is 1. The first-order valence-electron chi connectivity index (χ1n) is 10.1. The van der Waals surface area contributed by atoms with Crippen LogP contribution in [-0.2, 0) is 18.9 Å². The third-order valence-electron chi connectivity index (χ3n) is 4.88. The summed E-state index contributed by atoms with van der Waals surface area (Å²) in [5.74, 6) is 0.988. The average Bonchev–Trinajstić information content (AvgIpc) is 3.19. The van der Waals surface area contributed by atoms with Crippen LogP contribution in [0.5, 0.6) is 0 Å². The molecule has 0 amide bonds. The second-order valence-corrected chi connectivity index (χ2v) is 6.94. The number of nitrogens with zero attached hydrogens (tertiary/aromatic N) is 2. The fraction of sp³-hybridized carbons (Fsp3) is 0.947. The standard InChI is InChI=1S/C19H37N3O4.HI/c1-20-19(21-9-4-13-24-16-18-6-3-14-26-18)22-10-7-17(8-11-22)25-15-5-12-23-2;/h17-18H,3-16H2,1-2H3,(H,20,21);1H. The Morgan fingerprint density at radius 3 is 2.63 bits per heavy atom. The first kappa shape index (κ1) is 24.9. The zero-order valence-corrected chi connectivity index (χ0v) is 19.3. The van der Waals surface area contributed by atoms with Crippen LogP contribution >= 0.6 is 24.0 Å². The second kappa shape index (κ2) is 15.7. The highest BCUT2D eigenvalue weighted by atomic mass is 127. The van der Waals surface area contributed by atoms with Crippen LogP contribution in [0.25, 0.3) is 0 Å². The predicted octanol–water partition coefficient (Wildman–Crippen LogP) is 2.28. The normalized spacial score (nSPS) is 21.3. The summed E-state index contributed by atoms with van der Waals surface area (Å²) in [6, 6.07) is 0. The Morgan fingerprint density at radius 1 is 1.15 bits per heavy atom. The zero-order chi connectivity index (χ0) is 18.5. The molecule has 0 spiro atoms. The van der Waals surface area contributed by atoms with Gasteiger partial charge in [0.05, 0.1) is 18.8 Å². The lowest BCUT2D eigenvalue weighted by atomic mass is 10.1. The summed E-state index contributed by atoms with van der Waals surface area (Å²) < 4.78 is 22.2. The Balaban J connectivity index is 0.00000364. The number of aliphatic imine (C=N–C) groups is 1. The van der Waals surface area contributed by atoms with Crippen molar-refractivity contribution in [3.8, 4) is 0 Å². The summed E-state index contributed by atoms with van der Waals surface area (Å²) in [6.07, 6.45) is 7.04. The lowest BCUT2D eigenvalue weighted by molar-refractivity contribution is 0.00974. The third-order valence-corrected chi connectivity index (χ3v) is 4.88. The highest BCUT2D eigenvalue weighted by Crippen LogP contribution is 2.14. The smallest absolute Gasteiger partial charge is 0.193 e. The average molecular weight is 499 g/mol. The first-order valence-corrected chi connectivity index (χ1v) is 10.1. The van der Waals surface area contributed by atoms with Crippen LogP contribution in [0.15, 0.2) is 4.99 Å². The third kappa shape index (κ3) is 10.3. The van der Waals surface area contributed by atoms with E-state index >= 15 is 0 Å². The highest BCUT2D eigenvalue weighted by Gasteiger charge is 2.21. The molecule has 2 heterocycles. The molecule has 2 aliphatic rings. The van der Waals surface area contributed by atoms with E-state index in [0.717, 1.165) is 90.7 Å². The van der Waals surface area contributed by atoms with Crippen molar-refractivity contribution in [3.05, 3.63) is 0 Å². The Labute approximate surface area is 181 Å². The van der Waals surface area contributed by atoms with Gasteiger partial charge < -0.3 is 29.2 Å². The molecular weight excluding hydrogens is 461 g/mol. The summed E-state index contributed by atoms with van der Waals surface area (Å²) in [5, 5.41) is 3.45. The van der Waals surface area contributed by atoms with Crippen LogP contribution in [0, 0.1) is 0 Å². The molecule has 1 atom stereocenters. The van der Waals surface area contributed by atoms with Crippen LogP contribution in [-0.4, -0.2) is 89.9 Å². The molecule has 160 valence electrons. The molecule has 0 aromatic carbocycles. The molecule has 2 rings (SSSR count). The van der Waals surface area contributed by atoms with Gasteiger partial charge in [0.2, 0.25) is 0 Å². The van der Waals surface area contributed by atoms with Crippen molar-refractivity contribution < 1.29 is 18.9 Å². The summed E-state index contributed by atoms with van der Waals surface area (Å²) in [4.78, 5) is 6.74. The van der Waals surface area contributed by atoms with E-state index in [2.05, 4.69) is 15.2 Å². The van der Waals surface area contributed by atoms with E-state index in [-0.39, 0.29) is 24.0 Å². The molecule has 2 fully saturated rings. The van der Waals surface area contributed by atoms with Gasteiger partial charge in [-0.2, -0.15) is 0 Å². The number of hydrogen-bond acceptors (Lipinski definition) is 5. The van der Waals surface area contributed by atoms with Gasteiger partial charge in [-0.3, -0.25) is 4.99 Å². The number of hydrogen-bond donors (Lipinski definition) is 1. The molecule has 0 aromatic rings. The molecule has 0 aromatic heterocycles. The quantitative estimate of drug-likeness (QED) is 0.204. The minimum atomic E-state index is 0. The SMILES string of the molecule is CN=C(NCCCOCC1CCCO1)N1CCC(OCCCOC)CC1.I. The number of likely N-dealkylation sites (tertiary alicyclic amines) is 1. The molecule has 0 bridgehead atoms. The van der Waals surface area contributed by atoms with Crippen LogP contribution in [0.4, 0.5) is 0 Å². The molecule has 0 radical (unpaired) electrons. The maximum atomic E-state index is 5.92. The van der Waals surface area contributed by atoms with Crippen molar-refractivity contribution >= 4 is 29.9 Å². The lowest BCUT2D eigenvalue weighted by Crippen LogP contribution is -2.47. The van der Waals surface area contributed by atoms with Crippen molar-refractivity contribution in [1.82, 2.24) is 10.2 Å². The van der Waals surface area contributed by atoms with Crippen LogP contribution in [0.2, 0.25) is 0 Å². The Hall–Kier alpha value is -0.160. The van der Waals surface area contributed by atoms with E-state index in [0.29, 0.717) is 12.2 Å². The number of piperidine rings is 1. The minimum Gasteiger partial charge on any atom is -0.385 e. The van der Waals surface area contributed by atoms with Crippen LogP contribution < -0.4 is 5.32 Å². The van der Waals surface area contributed by atoms with Gasteiger partial charge in [0, 0.05) is 60.2 Å². The Kier molecular flexibility index (Phi) is 14.5. The van der Waals surface area contributed by atoms with E-state index < -0.39 is 0 Å². The van der Waals surface area contributed by atoms with E-state index in [1.54, 1.807) is 7.11 Å². The molecule has 8 heteroatoms. The molecule has 0 aliphatic carbocycles. The molecule has 7 nitrogen and oxygen atoms in total. The topological polar surface area (TPSA) is 64.6 Å². The Bertz CT molecular complexity index is 387. The van der Waals surface area contributed by atoms with Gasteiger partial charge in [-0.1, -0.05) is 0 Å².